The molecule has 3 fully saturated rings. The smallest absolute Gasteiger partial charge is 0.119 e. The first-order chi connectivity index (χ1) is 16.1. The van der Waals surface area contributed by atoms with Crippen LogP contribution in [0.3, 0.4) is 0 Å². The van der Waals surface area contributed by atoms with E-state index in [1.54, 1.807) is 7.11 Å². The average molecular weight is 447 g/mol. The summed E-state index contributed by atoms with van der Waals surface area (Å²) in [6.07, 6.45) is 7.74. The lowest BCUT2D eigenvalue weighted by Crippen LogP contribution is -2.71. The van der Waals surface area contributed by atoms with Crippen LogP contribution in [0.4, 0.5) is 0 Å². The number of aliphatic hydroxyl groups is 1. The van der Waals surface area contributed by atoms with E-state index in [1.807, 2.05) is 0 Å². The van der Waals surface area contributed by atoms with E-state index in [4.69, 9.17) is 4.74 Å². The summed E-state index contributed by atoms with van der Waals surface area (Å²) in [5, 5.41) is 12.6. The van der Waals surface area contributed by atoms with Crippen LogP contribution >= 0.6 is 0 Å². The lowest BCUT2D eigenvalue weighted by atomic mass is 9.52. The molecule has 1 saturated carbocycles. The molecule has 176 valence electrons. The normalized spacial score (nSPS) is 32.0. The molecule has 4 nitrogen and oxygen atoms in total. The van der Waals surface area contributed by atoms with Crippen molar-refractivity contribution >= 4 is 0 Å². The van der Waals surface area contributed by atoms with Crippen molar-refractivity contribution in [3.8, 4) is 5.75 Å². The zero-order valence-corrected chi connectivity index (χ0v) is 20.0. The third-order valence-electron chi connectivity index (χ3n) is 9.31. The van der Waals surface area contributed by atoms with Crippen LogP contribution in [0.1, 0.15) is 48.8 Å². The van der Waals surface area contributed by atoms with Gasteiger partial charge in [0.25, 0.3) is 0 Å². The van der Waals surface area contributed by atoms with Gasteiger partial charge in [0, 0.05) is 31.1 Å². The second kappa shape index (κ2) is 8.41. The Morgan fingerprint density at radius 3 is 2.58 bits per heavy atom. The standard InChI is InChI=1S/C29H38N2O2/c1-33-25-10-9-24-19-27-29(32)14-17-30(15-11-22-5-3-2-4-6-22)16-12-28(29,26(24)20-25)13-18-31(27)21-23-7-8-23/h2-6,9-10,20,23,27,32H,7-8,11-19,21H2,1H3. The van der Waals surface area contributed by atoms with Crippen molar-refractivity contribution in [3.63, 3.8) is 0 Å². The Hall–Kier alpha value is -1.88. The molecule has 4 heteroatoms. The predicted octanol–water partition coefficient (Wildman–Crippen LogP) is 4.04. The number of methoxy groups -OCH3 is 1. The Kier molecular flexibility index (Phi) is 5.51. The number of ether oxygens (including phenoxy) is 1. The molecule has 2 aromatic carbocycles. The molecule has 4 aliphatic rings. The number of benzene rings is 2. The second-order valence-electron chi connectivity index (χ2n) is 11.0. The van der Waals surface area contributed by atoms with Gasteiger partial charge in [0.2, 0.25) is 0 Å². The van der Waals surface area contributed by atoms with Gasteiger partial charge in [-0.3, -0.25) is 4.90 Å². The maximum absolute atomic E-state index is 12.6. The SMILES string of the molecule is COc1ccc2c(c1)C13CCN(CCc4ccccc4)CCC1(O)C(C2)N(CC1CC1)CC3. The van der Waals surface area contributed by atoms with E-state index in [1.165, 1.54) is 36.1 Å². The predicted molar refractivity (Wildman–Crippen MR) is 132 cm³/mol. The molecule has 2 saturated heterocycles. The summed E-state index contributed by atoms with van der Waals surface area (Å²) < 4.78 is 5.65. The van der Waals surface area contributed by atoms with Crippen molar-refractivity contribution in [1.29, 1.82) is 0 Å². The Morgan fingerprint density at radius 2 is 1.79 bits per heavy atom. The van der Waals surface area contributed by atoms with E-state index >= 15 is 0 Å². The van der Waals surface area contributed by atoms with Crippen molar-refractivity contribution in [2.45, 2.75) is 62.0 Å². The molecular weight excluding hydrogens is 408 g/mol. The van der Waals surface area contributed by atoms with Crippen molar-refractivity contribution in [1.82, 2.24) is 9.80 Å². The summed E-state index contributed by atoms with van der Waals surface area (Å²) in [6, 6.07) is 17.7. The Labute approximate surface area is 198 Å². The number of fused-ring (bicyclic) bond motifs is 1. The summed E-state index contributed by atoms with van der Waals surface area (Å²) in [7, 11) is 1.76. The molecule has 6 rings (SSSR count). The highest BCUT2D eigenvalue weighted by Gasteiger charge is 2.63. The van der Waals surface area contributed by atoms with Crippen molar-refractivity contribution in [3.05, 3.63) is 65.2 Å². The maximum atomic E-state index is 12.6. The van der Waals surface area contributed by atoms with Gasteiger partial charge in [-0.15, -0.1) is 0 Å². The number of nitrogens with zero attached hydrogens (tertiary/aromatic N) is 2. The van der Waals surface area contributed by atoms with Gasteiger partial charge in [0.05, 0.1) is 12.7 Å². The van der Waals surface area contributed by atoms with Crippen LogP contribution in [0, 0.1) is 5.92 Å². The first-order valence-electron chi connectivity index (χ1n) is 13.0. The highest BCUT2D eigenvalue weighted by atomic mass is 16.5. The first-order valence-corrected chi connectivity index (χ1v) is 13.0. The van der Waals surface area contributed by atoms with Gasteiger partial charge in [-0.05, 0) is 92.8 Å². The molecule has 33 heavy (non-hydrogen) atoms. The summed E-state index contributed by atoms with van der Waals surface area (Å²) in [5.74, 6) is 1.78. The largest absolute Gasteiger partial charge is 0.497 e. The van der Waals surface area contributed by atoms with Crippen LogP contribution in [0.25, 0.3) is 0 Å². The fourth-order valence-corrected chi connectivity index (χ4v) is 7.19. The minimum Gasteiger partial charge on any atom is -0.497 e. The highest BCUT2D eigenvalue weighted by Crippen LogP contribution is 2.56. The van der Waals surface area contributed by atoms with Gasteiger partial charge in [0.15, 0.2) is 0 Å². The lowest BCUT2D eigenvalue weighted by Gasteiger charge is -2.61. The van der Waals surface area contributed by atoms with E-state index in [0.29, 0.717) is 0 Å². The molecule has 2 heterocycles. The van der Waals surface area contributed by atoms with Crippen LogP contribution in [0.15, 0.2) is 48.5 Å². The third kappa shape index (κ3) is 3.71. The Morgan fingerprint density at radius 1 is 1.00 bits per heavy atom. The number of hydrogen-bond acceptors (Lipinski definition) is 4. The summed E-state index contributed by atoms with van der Waals surface area (Å²) >= 11 is 0. The molecule has 2 aromatic rings. The summed E-state index contributed by atoms with van der Waals surface area (Å²) in [5.41, 5.74) is 3.38. The fraction of sp³-hybridized carbons (Fsp3) is 0.586. The Balaban J connectivity index is 1.32. The monoisotopic (exact) mass is 446 g/mol. The van der Waals surface area contributed by atoms with Crippen molar-refractivity contribution in [2.24, 2.45) is 5.92 Å². The topological polar surface area (TPSA) is 35.9 Å². The van der Waals surface area contributed by atoms with E-state index in [-0.39, 0.29) is 11.5 Å². The van der Waals surface area contributed by atoms with E-state index in [0.717, 1.165) is 70.0 Å². The average Bonchev–Trinajstić information content (AvgIpc) is 3.67. The molecule has 2 aliphatic heterocycles. The molecule has 3 unspecified atom stereocenters. The minimum atomic E-state index is -0.666. The van der Waals surface area contributed by atoms with Crippen molar-refractivity contribution < 1.29 is 9.84 Å². The van der Waals surface area contributed by atoms with E-state index < -0.39 is 5.60 Å². The molecule has 0 spiro atoms. The molecule has 3 atom stereocenters. The molecule has 1 N–H and O–H groups in total. The van der Waals surface area contributed by atoms with E-state index in [2.05, 4.69) is 58.3 Å². The van der Waals surface area contributed by atoms with Crippen molar-refractivity contribution in [2.75, 3.05) is 39.8 Å². The van der Waals surface area contributed by atoms with Crippen LogP contribution in [0.2, 0.25) is 0 Å². The zero-order chi connectivity index (χ0) is 22.5. The Bertz CT molecular complexity index is 990. The molecule has 2 aliphatic carbocycles. The second-order valence-corrected chi connectivity index (χ2v) is 11.0. The van der Waals surface area contributed by atoms with Crippen LogP contribution in [-0.4, -0.2) is 66.4 Å². The van der Waals surface area contributed by atoms with Gasteiger partial charge < -0.3 is 14.7 Å². The molecule has 0 aromatic heterocycles. The van der Waals surface area contributed by atoms with Gasteiger partial charge >= 0.3 is 0 Å². The number of likely N-dealkylation sites (tertiary alicyclic amines) is 2. The molecular formula is C29H38N2O2. The van der Waals surface area contributed by atoms with Crippen LogP contribution < -0.4 is 4.74 Å². The van der Waals surface area contributed by atoms with Gasteiger partial charge in [-0.1, -0.05) is 36.4 Å². The molecule has 0 amide bonds. The molecule has 0 radical (unpaired) electrons. The number of piperidine rings is 1. The minimum absolute atomic E-state index is 0.165. The number of rotatable bonds is 6. The first kappa shape index (κ1) is 21.6. The summed E-state index contributed by atoms with van der Waals surface area (Å²) in [6.45, 7) is 5.40. The lowest BCUT2D eigenvalue weighted by molar-refractivity contribution is -0.149. The highest BCUT2D eigenvalue weighted by molar-refractivity contribution is 5.48. The maximum Gasteiger partial charge on any atom is 0.119 e. The van der Waals surface area contributed by atoms with Crippen LogP contribution in [0.5, 0.6) is 5.75 Å². The van der Waals surface area contributed by atoms with Gasteiger partial charge in [-0.2, -0.15) is 0 Å². The van der Waals surface area contributed by atoms with Gasteiger partial charge in [0.1, 0.15) is 5.75 Å². The molecule has 2 bridgehead atoms. The van der Waals surface area contributed by atoms with Gasteiger partial charge in [-0.25, -0.2) is 0 Å². The summed E-state index contributed by atoms with van der Waals surface area (Å²) in [4.78, 5) is 5.28. The number of hydrogen-bond donors (Lipinski definition) is 1. The zero-order valence-electron chi connectivity index (χ0n) is 20.0. The van der Waals surface area contributed by atoms with E-state index in [9.17, 15) is 5.11 Å². The fourth-order valence-electron chi connectivity index (χ4n) is 7.19. The van der Waals surface area contributed by atoms with Crippen LogP contribution in [-0.2, 0) is 18.3 Å². The quantitative estimate of drug-likeness (QED) is 0.727. The third-order valence-corrected chi connectivity index (χ3v) is 9.31.